The molecule has 4 aliphatic rings. The molecule has 4 aliphatic heterocycles. The first-order chi connectivity index (χ1) is 26.8. The second-order valence-corrected chi connectivity index (χ2v) is 14.8. The summed E-state index contributed by atoms with van der Waals surface area (Å²) in [4.78, 5) is 78.3. The summed E-state index contributed by atoms with van der Waals surface area (Å²) in [5.74, 6) is -2.06. The lowest BCUT2D eigenvalue weighted by Gasteiger charge is -2.37. The molecule has 0 aliphatic carbocycles. The fraction of sp³-hybridized carbons (Fsp3) is 0.300. The van der Waals surface area contributed by atoms with E-state index in [2.05, 4.69) is 15.5 Å². The monoisotopic (exact) mass is 764 g/mol. The van der Waals surface area contributed by atoms with Crippen LogP contribution in [-0.2, 0) is 25.9 Å². The molecule has 288 valence electrons. The van der Waals surface area contributed by atoms with E-state index < -0.39 is 23.6 Å². The summed E-state index contributed by atoms with van der Waals surface area (Å²) in [5.41, 5.74) is 3.73. The predicted molar refractivity (Wildman–Crippen MR) is 197 cm³/mol. The Balaban J connectivity index is 0.000000173. The van der Waals surface area contributed by atoms with Crippen molar-refractivity contribution >= 4 is 35.4 Å². The Morgan fingerprint density at radius 1 is 0.625 bits per heavy atom. The van der Waals surface area contributed by atoms with Gasteiger partial charge in [0.05, 0.1) is 83.6 Å². The van der Waals surface area contributed by atoms with Gasteiger partial charge in [-0.2, -0.15) is 10.2 Å². The summed E-state index contributed by atoms with van der Waals surface area (Å²) in [7, 11) is 0. The number of nitrogens with one attached hydrogen (secondary N) is 1. The number of aromatic nitrogens is 4. The summed E-state index contributed by atoms with van der Waals surface area (Å²) < 4.78 is 30.0. The maximum Gasteiger partial charge on any atom is 0.261 e. The molecule has 0 unspecified atom stereocenters. The first kappa shape index (κ1) is 37.7. The van der Waals surface area contributed by atoms with Gasteiger partial charge in [-0.1, -0.05) is 24.3 Å². The number of fused-ring (bicyclic) bond motifs is 4. The molecule has 0 radical (unpaired) electrons. The number of carbonyl (C=O) groups is 6. The van der Waals surface area contributed by atoms with Crippen molar-refractivity contribution in [3.8, 4) is 0 Å². The van der Waals surface area contributed by atoms with Crippen LogP contribution in [0.15, 0.2) is 84.7 Å². The minimum atomic E-state index is -0.441. The van der Waals surface area contributed by atoms with Gasteiger partial charge in [-0.3, -0.25) is 47.9 Å². The van der Waals surface area contributed by atoms with Gasteiger partial charge < -0.3 is 10.2 Å². The summed E-state index contributed by atoms with van der Waals surface area (Å²) in [6.07, 6.45) is 5.18. The van der Waals surface area contributed by atoms with E-state index in [1.54, 1.807) is 65.8 Å². The lowest BCUT2D eigenvalue weighted by atomic mass is 9.99. The number of hydrogen-bond acceptors (Lipinski definition) is 8. The minimum absolute atomic E-state index is 0.0414. The Bertz CT molecular complexity index is 2300. The molecule has 0 atom stereocenters. The van der Waals surface area contributed by atoms with Crippen LogP contribution < -0.4 is 5.32 Å². The van der Waals surface area contributed by atoms with E-state index in [4.69, 9.17) is 0 Å². The predicted octanol–water partition coefficient (Wildman–Crippen LogP) is 4.15. The molecule has 2 aromatic carbocycles. The molecule has 0 spiro atoms. The number of halogens is 2. The van der Waals surface area contributed by atoms with Gasteiger partial charge in [-0.25, -0.2) is 8.78 Å². The topological polar surface area (TPSA) is 160 Å². The van der Waals surface area contributed by atoms with Crippen LogP contribution in [0.5, 0.6) is 0 Å². The number of hydrogen-bond donors (Lipinski definition) is 1. The first-order valence-electron chi connectivity index (χ1n) is 18.0. The molecule has 6 amide bonds. The second kappa shape index (κ2) is 14.9. The summed E-state index contributed by atoms with van der Waals surface area (Å²) in [5, 5.41) is 11.5. The maximum absolute atomic E-state index is 13.6. The first-order valence-corrected chi connectivity index (χ1v) is 18.0. The average molecular weight is 765 g/mol. The van der Waals surface area contributed by atoms with Crippen molar-refractivity contribution < 1.29 is 37.5 Å². The molecular weight excluding hydrogens is 726 g/mol. The molecule has 0 saturated heterocycles. The molecule has 8 rings (SSSR count). The largest absolute Gasteiger partial charge is 0.352 e. The Labute approximate surface area is 320 Å². The normalized spacial score (nSPS) is 16.8. The summed E-state index contributed by atoms with van der Waals surface area (Å²) in [6, 6.07) is 13.1. The second-order valence-electron chi connectivity index (χ2n) is 14.8. The van der Waals surface area contributed by atoms with Crippen molar-refractivity contribution in [2.24, 2.45) is 0 Å². The van der Waals surface area contributed by atoms with Crippen LogP contribution in [0.25, 0.3) is 0 Å². The lowest BCUT2D eigenvalue weighted by Crippen LogP contribution is -2.49. The molecule has 0 fully saturated rings. The third kappa shape index (κ3) is 7.05. The molecule has 6 heterocycles. The number of imide groups is 2. The minimum Gasteiger partial charge on any atom is -0.352 e. The number of benzene rings is 2. The molecule has 14 nitrogen and oxygen atoms in total. The molecule has 16 heteroatoms. The molecule has 56 heavy (non-hydrogen) atoms. The van der Waals surface area contributed by atoms with Crippen molar-refractivity contribution in [2.45, 2.75) is 52.2 Å². The van der Waals surface area contributed by atoms with Crippen LogP contribution in [-0.4, -0.2) is 101 Å². The maximum atomic E-state index is 13.6. The van der Waals surface area contributed by atoms with E-state index in [0.29, 0.717) is 83.4 Å². The smallest absolute Gasteiger partial charge is 0.261 e. The molecule has 2 aromatic heterocycles. The van der Waals surface area contributed by atoms with E-state index in [1.165, 1.54) is 9.36 Å². The van der Waals surface area contributed by atoms with Gasteiger partial charge in [0.1, 0.15) is 0 Å². The van der Waals surface area contributed by atoms with Gasteiger partial charge in [-0.05, 0) is 56.2 Å². The third-order valence-corrected chi connectivity index (χ3v) is 9.94. The van der Waals surface area contributed by atoms with Gasteiger partial charge in [0.2, 0.25) is 0 Å². The SMILES string of the molecule is CC(C)(C)N1CCc2nn(C/C(=C/F)CN3C(=O)c4ccccc4C3=O)cc2C1=O.O=C1NCCc2nn(C/C(=C/F)CN3C(=O)c4ccccc4C3=O)cc21. The van der Waals surface area contributed by atoms with Crippen molar-refractivity contribution in [2.75, 3.05) is 26.2 Å². The van der Waals surface area contributed by atoms with Gasteiger partial charge in [0.25, 0.3) is 35.4 Å². The zero-order valence-corrected chi connectivity index (χ0v) is 30.9. The van der Waals surface area contributed by atoms with Gasteiger partial charge in [0, 0.05) is 43.9 Å². The van der Waals surface area contributed by atoms with E-state index in [0.717, 1.165) is 9.80 Å². The number of nitrogens with zero attached hydrogens (tertiary/aromatic N) is 7. The Morgan fingerprint density at radius 3 is 1.46 bits per heavy atom. The molecular formula is C40H38F2N8O6. The van der Waals surface area contributed by atoms with E-state index in [1.807, 2.05) is 20.8 Å². The molecule has 0 saturated carbocycles. The summed E-state index contributed by atoms with van der Waals surface area (Å²) in [6.45, 7) is 6.78. The number of amides is 6. The van der Waals surface area contributed by atoms with Crippen molar-refractivity contribution in [1.82, 2.24) is 39.6 Å². The van der Waals surface area contributed by atoms with E-state index in [-0.39, 0.29) is 54.7 Å². The van der Waals surface area contributed by atoms with Crippen molar-refractivity contribution in [1.29, 1.82) is 0 Å². The summed E-state index contributed by atoms with van der Waals surface area (Å²) >= 11 is 0. The molecule has 4 aromatic rings. The third-order valence-electron chi connectivity index (χ3n) is 9.94. The lowest BCUT2D eigenvalue weighted by molar-refractivity contribution is 0.0559. The zero-order valence-electron chi connectivity index (χ0n) is 30.9. The number of carbonyl (C=O) groups excluding carboxylic acids is 6. The highest BCUT2D eigenvalue weighted by Crippen LogP contribution is 2.27. The van der Waals surface area contributed by atoms with Crippen LogP contribution in [0.4, 0.5) is 8.78 Å². The van der Waals surface area contributed by atoms with Crippen LogP contribution in [0.3, 0.4) is 0 Å². The zero-order chi connectivity index (χ0) is 39.9. The van der Waals surface area contributed by atoms with Gasteiger partial charge >= 0.3 is 0 Å². The van der Waals surface area contributed by atoms with Crippen LogP contribution in [0.1, 0.15) is 94.3 Å². The highest BCUT2D eigenvalue weighted by molar-refractivity contribution is 6.22. The van der Waals surface area contributed by atoms with Gasteiger partial charge in [0.15, 0.2) is 0 Å². The highest BCUT2D eigenvalue weighted by Gasteiger charge is 2.38. The van der Waals surface area contributed by atoms with Crippen LogP contribution in [0, 0.1) is 0 Å². The van der Waals surface area contributed by atoms with Crippen LogP contribution >= 0.6 is 0 Å². The Morgan fingerprint density at radius 2 is 1.05 bits per heavy atom. The average Bonchev–Trinajstić information content (AvgIpc) is 3.92. The van der Waals surface area contributed by atoms with Crippen molar-refractivity contribution in [3.05, 3.63) is 129 Å². The number of rotatable bonds is 8. The standard InChI is InChI=1S/C22H23FN4O3.C18H15FN4O3/c1-22(2,3)27-9-8-18-17(21(27)30)13-25(24-18)11-14(10-23)12-26-19(28)15-6-4-5-7-16(15)20(26)29;19-7-11(8-22-10-14-15(21-22)5-6-20-16(14)24)9-23-17(25)12-3-1-2-4-13(12)18(23)26/h4-7,10,13H,8-9,11-12H2,1-3H3;1-4,7,10H,5-6,8-9H2,(H,20,24)/b14-10-;11-7-. The van der Waals surface area contributed by atoms with Gasteiger partial charge in [-0.15, -0.1) is 0 Å². The quantitative estimate of drug-likeness (QED) is 0.262. The van der Waals surface area contributed by atoms with Crippen LogP contribution in [0.2, 0.25) is 0 Å². The molecule has 0 bridgehead atoms. The van der Waals surface area contributed by atoms with Crippen molar-refractivity contribution in [3.63, 3.8) is 0 Å². The van der Waals surface area contributed by atoms with E-state index in [9.17, 15) is 37.5 Å². The Kier molecular flexibility index (Phi) is 10.1. The highest BCUT2D eigenvalue weighted by atomic mass is 19.1. The van der Waals surface area contributed by atoms with E-state index >= 15 is 0 Å². The molecule has 1 N–H and O–H groups in total. The fourth-order valence-corrected chi connectivity index (χ4v) is 7.14. The fourth-order valence-electron chi connectivity index (χ4n) is 7.14. The Hall–Kier alpha value is -6.58.